The average Bonchev–Trinajstić information content (AvgIpc) is 3.22. The van der Waals surface area contributed by atoms with Gasteiger partial charge in [0.1, 0.15) is 0 Å². The molecule has 0 saturated heterocycles. The molecular formula is C57H104. The molecule has 332 valence electrons. The summed E-state index contributed by atoms with van der Waals surface area (Å²) in [6.07, 6.45) is 78.0. The molecule has 0 aromatic heterocycles. The van der Waals surface area contributed by atoms with E-state index in [-0.39, 0.29) is 5.41 Å². The molecule has 0 nitrogen and oxygen atoms in total. The van der Waals surface area contributed by atoms with Crippen LogP contribution in [0.5, 0.6) is 0 Å². The molecule has 0 amide bonds. The zero-order chi connectivity index (χ0) is 41.6. The Bertz CT molecular complexity index is 970. The van der Waals surface area contributed by atoms with Crippen LogP contribution in [-0.2, 0) is 0 Å². The molecule has 0 bridgehead atoms. The molecule has 0 aromatic rings. The molecule has 0 heteroatoms. The number of hydrogen-bond acceptors (Lipinski definition) is 0. The van der Waals surface area contributed by atoms with Crippen LogP contribution in [0, 0.1) is 11.3 Å². The molecule has 0 rings (SSSR count). The van der Waals surface area contributed by atoms with Crippen molar-refractivity contribution in [3.8, 4) is 0 Å². The molecule has 0 radical (unpaired) electrons. The van der Waals surface area contributed by atoms with Crippen molar-refractivity contribution in [3.05, 3.63) is 72.4 Å². The van der Waals surface area contributed by atoms with Crippen LogP contribution in [0.3, 0.4) is 0 Å². The Hall–Kier alpha value is -1.56. The van der Waals surface area contributed by atoms with Gasteiger partial charge in [0.25, 0.3) is 0 Å². The molecule has 0 fully saturated rings. The molecule has 0 saturated carbocycles. The first kappa shape index (κ1) is 55.4. The summed E-state index contributed by atoms with van der Waals surface area (Å²) in [5.41, 5.74) is 1.39. The SMILES string of the molecule is CCCCCCC=C(C=CCCCCCCC)C(C=CCCCCCCC)(C=CCCCCCCCC)C(C=CCCCCCCC)C=CCCCCCCCC. The molecular weight excluding hydrogens is 685 g/mol. The fraction of sp³-hybridized carbons (Fsp3) is 0.789. The van der Waals surface area contributed by atoms with Crippen LogP contribution in [0.4, 0.5) is 0 Å². The van der Waals surface area contributed by atoms with Crippen LogP contribution in [0.2, 0.25) is 0 Å². The average molecular weight is 789 g/mol. The molecule has 0 heterocycles. The maximum absolute atomic E-state index is 2.71. The summed E-state index contributed by atoms with van der Waals surface area (Å²) in [7, 11) is 0. The standard InChI is InChI=1S/C57H104/c1-7-13-19-25-30-34-40-46-52-56(51-45-39-33-28-22-16-10-4)57(53-47-41-35-29-23-17-11-5,54-48-42-36-31-26-20-14-8-2)55(49-43-37-24-18-12-6)50-44-38-32-27-21-15-9-3/h44-54,56H,7-43H2,1-6H3. The lowest BCUT2D eigenvalue weighted by Crippen LogP contribution is -2.26. The molecule has 0 N–H and O–H groups in total. The van der Waals surface area contributed by atoms with Gasteiger partial charge in [-0.1, -0.05) is 269 Å². The van der Waals surface area contributed by atoms with Crippen LogP contribution in [0.15, 0.2) is 72.4 Å². The zero-order valence-electron chi connectivity index (χ0n) is 40.1. The third-order valence-electron chi connectivity index (χ3n) is 12.1. The van der Waals surface area contributed by atoms with E-state index in [2.05, 4.69) is 108 Å². The minimum Gasteiger partial charge on any atom is -0.0879 e. The van der Waals surface area contributed by atoms with E-state index >= 15 is 0 Å². The summed E-state index contributed by atoms with van der Waals surface area (Å²) in [5.74, 6) is 0.321. The van der Waals surface area contributed by atoms with E-state index in [9.17, 15) is 0 Å². The Morgan fingerprint density at radius 2 is 0.596 bits per heavy atom. The third-order valence-corrected chi connectivity index (χ3v) is 12.1. The summed E-state index contributed by atoms with van der Waals surface area (Å²) < 4.78 is 0. The van der Waals surface area contributed by atoms with Gasteiger partial charge >= 0.3 is 0 Å². The zero-order valence-corrected chi connectivity index (χ0v) is 40.1. The molecule has 0 aliphatic carbocycles. The highest BCUT2D eigenvalue weighted by molar-refractivity contribution is 5.42. The van der Waals surface area contributed by atoms with Crippen molar-refractivity contribution in [1.29, 1.82) is 0 Å². The predicted octanol–water partition coefficient (Wildman–Crippen LogP) is 20.8. The lowest BCUT2D eigenvalue weighted by atomic mass is 9.67. The van der Waals surface area contributed by atoms with Crippen LogP contribution in [-0.4, -0.2) is 0 Å². The molecule has 0 spiro atoms. The first-order valence-corrected chi connectivity index (χ1v) is 26.2. The second-order valence-corrected chi connectivity index (χ2v) is 17.8. The normalized spacial score (nSPS) is 14.5. The van der Waals surface area contributed by atoms with Gasteiger partial charge in [0.05, 0.1) is 0 Å². The maximum Gasteiger partial charge on any atom is 0.0406 e. The number of rotatable bonds is 44. The molecule has 0 aliphatic rings. The van der Waals surface area contributed by atoms with Crippen molar-refractivity contribution in [2.45, 2.75) is 279 Å². The fourth-order valence-corrected chi connectivity index (χ4v) is 8.20. The minimum absolute atomic E-state index is 0.161. The highest BCUT2D eigenvalue weighted by Gasteiger charge is 2.34. The second-order valence-electron chi connectivity index (χ2n) is 17.8. The quantitative estimate of drug-likeness (QED) is 0.0328. The Kier molecular flexibility index (Phi) is 44.3. The lowest BCUT2D eigenvalue weighted by Gasteiger charge is -2.36. The summed E-state index contributed by atoms with van der Waals surface area (Å²) in [6.45, 7) is 14.0. The van der Waals surface area contributed by atoms with E-state index in [4.69, 9.17) is 0 Å². The smallest absolute Gasteiger partial charge is 0.0406 e. The van der Waals surface area contributed by atoms with E-state index in [1.807, 2.05) is 0 Å². The first-order valence-electron chi connectivity index (χ1n) is 26.2. The largest absolute Gasteiger partial charge is 0.0879 e. The lowest BCUT2D eigenvalue weighted by molar-refractivity contribution is 0.492. The number of allylic oxidation sites excluding steroid dienone is 12. The Morgan fingerprint density at radius 3 is 0.965 bits per heavy atom. The Balaban J connectivity index is 7.09. The summed E-state index contributed by atoms with van der Waals surface area (Å²) in [4.78, 5) is 0. The van der Waals surface area contributed by atoms with E-state index in [1.54, 1.807) is 5.57 Å². The fourth-order valence-electron chi connectivity index (χ4n) is 8.20. The van der Waals surface area contributed by atoms with Gasteiger partial charge in [-0.25, -0.2) is 0 Å². The van der Waals surface area contributed by atoms with Gasteiger partial charge in [-0.3, -0.25) is 0 Å². The van der Waals surface area contributed by atoms with Crippen LogP contribution >= 0.6 is 0 Å². The Morgan fingerprint density at radius 1 is 0.316 bits per heavy atom. The van der Waals surface area contributed by atoms with Crippen molar-refractivity contribution in [3.63, 3.8) is 0 Å². The van der Waals surface area contributed by atoms with Crippen molar-refractivity contribution >= 4 is 0 Å². The van der Waals surface area contributed by atoms with Crippen LogP contribution < -0.4 is 0 Å². The number of unbranched alkanes of at least 4 members (excludes halogenated alkanes) is 31. The summed E-state index contributed by atoms with van der Waals surface area (Å²) in [5, 5.41) is 0. The number of hydrogen-bond donors (Lipinski definition) is 0. The van der Waals surface area contributed by atoms with Gasteiger partial charge in [0.2, 0.25) is 0 Å². The van der Waals surface area contributed by atoms with Crippen molar-refractivity contribution in [2.24, 2.45) is 11.3 Å². The van der Waals surface area contributed by atoms with Gasteiger partial charge in [0, 0.05) is 11.3 Å². The summed E-state index contributed by atoms with van der Waals surface area (Å²) >= 11 is 0. The Labute approximate surface area is 361 Å². The van der Waals surface area contributed by atoms with E-state index in [0.29, 0.717) is 5.92 Å². The summed E-state index contributed by atoms with van der Waals surface area (Å²) in [6, 6.07) is 0. The van der Waals surface area contributed by atoms with Crippen molar-refractivity contribution in [2.75, 3.05) is 0 Å². The predicted molar refractivity (Wildman–Crippen MR) is 265 cm³/mol. The van der Waals surface area contributed by atoms with Crippen molar-refractivity contribution in [1.82, 2.24) is 0 Å². The molecule has 0 aromatic carbocycles. The van der Waals surface area contributed by atoms with E-state index in [0.717, 1.165) is 0 Å². The highest BCUT2D eigenvalue weighted by Crippen LogP contribution is 2.43. The van der Waals surface area contributed by atoms with Gasteiger partial charge < -0.3 is 0 Å². The van der Waals surface area contributed by atoms with Gasteiger partial charge in [-0.2, -0.15) is 0 Å². The first-order chi connectivity index (χ1) is 28.2. The van der Waals surface area contributed by atoms with E-state index in [1.165, 1.54) is 238 Å². The molecule has 0 aliphatic heterocycles. The van der Waals surface area contributed by atoms with Gasteiger partial charge in [0.15, 0.2) is 0 Å². The van der Waals surface area contributed by atoms with Crippen LogP contribution in [0.1, 0.15) is 279 Å². The van der Waals surface area contributed by atoms with Gasteiger partial charge in [-0.15, -0.1) is 0 Å². The van der Waals surface area contributed by atoms with Gasteiger partial charge in [-0.05, 0) is 82.6 Å². The maximum atomic E-state index is 2.71. The van der Waals surface area contributed by atoms with Crippen LogP contribution in [0.25, 0.3) is 0 Å². The highest BCUT2D eigenvalue weighted by atomic mass is 14.4. The third kappa shape index (κ3) is 33.9. The molecule has 57 heavy (non-hydrogen) atoms. The monoisotopic (exact) mass is 789 g/mol. The molecule has 2 unspecified atom stereocenters. The molecule has 2 atom stereocenters. The van der Waals surface area contributed by atoms with Crippen molar-refractivity contribution < 1.29 is 0 Å². The second kappa shape index (κ2) is 45.5. The topological polar surface area (TPSA) is 0 Å². The minimum atomic E-state index is -0.161. The van der Waals surface area contributed by atoms with E-state index < -0.39 is 0 Å².